The number of fused-ring (bicyclic) bond motifs is 1. The van der Waals surface area contributed by atoms with Gasteiger partial charge in [-0.15, -0.1) is 11.3 Å². The number of benzene rings is 1. The van der Waals surface area contributed by atoms with Gasteiger partial charge in [-0.25, -0.2) is 4.98 Å². The standard InChI is InChI=1S/C14H15N3OS/c1-8-3-4-10(5-9(8)2)13(18)17-14-16-11-6-15-7-12(11)19-14/h3-5,15H,6-7H2,1-2H3,(H,16,17,18). The van der Waals surface area contributed by atoms with Crippen LogP contribution in [0, 0.1) is 13.8 Å². The van der Waals surface area contributed by atoms with Crippen molar-refractivity contribution in [2.75, 3.05) is 5.32 Å². The Balaban J connectivity index is 1.78. The number of thiazole rings is 1. The van der Waals surface area contributed by atoms with Crippen LogP contribution < -0.4 is 10.6 Å². The molecule has 4 nitrogen and oxygen atoms in total. The van der Waals surface area contributed by atoms with Gasteiger partial charge in [0.25, 0.3) is 5.91 Å². The quantitative estimate of drug-likeness (QED) is 0.884. The molecule has 0 radical (unpaired) electrons. The average Bonchev–Trinajstić information content (AvgIpc) is 2.93. The molecular formula is C14H15N3OS. The van der Waals surface area contributed by atoms with Crippen molar-refractivity contribution in [1.82, 2.24) is 10.3 Å². The van der Waals surface area contributed by atoms with Crippen LogP contribution in [0.25, 0.3) is 0 Å². The Morgan fingerprint density at radius 3 is 2.89 bits per heavy atom. The number of hydrogen-bond donors (Lipinski definition) is 2. The maximum absolute atomic E-state index is 12.1. The van der Waals surface area contributed by atoms with E-state index in [1.165, 1.54) is 10.4 Å². The Morgan fingerprint density at radius 1 is 1.32 bits per heavy atom. The molecule has 2 aromatic rings. The predicted molar refractivity (Wildman–Crippen MR) is 76.5 cm³/mol. The number of carbonyl (C=O) groups is 1. The molecule has 1 aliphatic heterocycles. The second-order valence-electron chi connectivity index (χ2n) is 4.75. The fraction of sp³-hybridized carbons (Fsp3) is 0.286. The molecule has 0 spiro atoms. The van der Waals surface area contributed by atoms with Gasteiger partial charge in [0.1, 0.15) is 0 Å². The first-order chi connectivity index (χ1) is 9.13. The molecule has 2 heterocycles. The summed E-state index contributed by atoms with van der Waals surface area (Å²) in [6.07, 6.45) is 0. The summed E-state index contributed by atoms with van der Waals surface area (Å²) >= 11 is 1.55. The summed E-state index contributed by atoms with van der Waals surface area (Å²) in [5.74, 6) is -0.0940. The molecule has 19 heavy (non-hydrogen) atoms. The van der Waals surface area contributed by atoms with Gasteiger partial charge in [0, 0.05) is 23.5 Å². The molecule has 1 aliphatic rings. The number of rotatable bonds is 2. The Bertz CT molecular complexity index is 627. The SMILES string of the molecule is Cc1ccc(C(=O)Nc2nc3c(s2)CNC3)cc1C. The Morgan fingerprint density at radius 2 is 2.16 bits per heavy atom. The minimum atomic E-state index is -0.0940. The molecule has 5 heteroatoms. The van der Waals surface area contributed by atoms with Gasteiger partial charge in [-0.3, -0.25) is 10.1 Å². The molecule has 0 aliphatic carbocycles. The minimum absolute atomic E-state index is 0.0940. The maximum atomic E-state index is 12.1. The van der Waals surface area contributed by atoms with Gasteiger partial charge in [-0.05, 0) is 37.1 Å². The third-order valence-electron chi connectivity index (χ3n) is 3.35. The highest BCUT2D eigenvalue weighted by Crippen LogP contribution is 2.26. The molecule has 0 unspecified atom stereocenters. The molecule has 1 amide bonds. The molecule has 0 saturated heterocycles. The van der Waals surface area contributed by atoms with E-state index in [0.717, 1.165) is 24.3 Å². The van der Waals surface area contributed by atoms with Gasteiger partial charge in [0.2, 0.25) is 0 Å². The second kappa shape index (κ2) is 4.75. The van der Waals surface area contributed by atoms with Gasteiger partial charge < -0.3 is 5.32 Å². The predicted octanol–water partition coefficient (Wildman–Crippen LogP) is 2.62. The number of carbonyl (C=O) groups excluding carboxylic acids is 1. The first kappa shape index (κ1) is 12.3. The van der Waals surface area contributed by atoms with Gasteiger partial charge in [-0.1, -0.05) is 6.07 Å². The van der Waals surface area contributed by atoms with Crippen LogP contribution in [-0.2, 0) is 13.1 Å². The van der Waals surface area contributed by atoms with Gasteiger partial charge in [0.15, 0.2) is 5.13 Å². The van der Waals surface area contributed by atoms with Crippen LogP contribution in [0.15, 0.2) is 18.2 Å². The zero-order valence-electron chi connectivity index (χ0n) is 10.9. The molecule has 3 rings (SSSR count). The van der Waals surface area contributed by atoms with Gasteiger partial charge in [-0.2, -0.15) is 0 Å². The highest BCUT2D eigenvalue weighted by Gasteiger charge is 2.17. The van der Waals surface area contributed by atoms with Crippen molar-refractivity contribution < 1.29 is 4.79 Å². The summed E-state index contributed by atoms with van der Waals surface area (Å²) < 4.78 is 0. The normalized spacial score (nSPS) is 13.4. The van der Waals surface area contributed by atoms with Crippen molar-refractivity contribution in [3.05, 3.63) is 45.5 Å². The Kier molecular flexibility index (Phi) is 3.08. The van der Waals surface area contributed by atoms with Crippen molar-refractivity contribution in [3.8, 4) is 0 Å². The lowest BCUT2D eigenvalue weighted by Crippen LogP contribution is -2.12. The van der Waals surface area contributed by atoms with Crippen molar-refractivity contribution in [2.24, 2.45) is 0 Å². The summed E-state index contributed by atoms with van der Waals surface area (Å²) in [7, 11) is 0. The second-order valence-corrected chi connectivity index (χ2v) is 5.83. The van der Waals surface area contributed by atoms with Crippen molar-refractivity contribution in [2.45, 2.75) is 26.9 Å². The Labute approximate surface area is 115 Å². The summed E-state index contributed by atoms with van der Waals surface area (Å²) in [6.45, 7) is 5.70. The number of nitrogens with one attached hydrogen (secondary N) is 2. The minimum Gasteiger partial charge on any atom is -0.306 e. The zero-order valence-corrected chi connectivity index (χ0v) is 11.7. The van der Waals surface area contributed by atoms with Crippen LogP contribution in [0.5, 0.6) is 0 Å². The molecule has 1 aromatic heterocycles. The highest BCUT2D eigenvalue weighted by atomic mass is 32.1. The lowest BCUT2D eigenvalue weighted by Gasteiger charge is -2.05. The average molecular weight is 273 g/mol. The van der Waals surface area contributed by atoms with E-state index in [4.69, 9.17) is 0 Å². The summed E-state index contributed by atoms with van der Waals surface area (Å²) in [5, 5.41) is 6.79. The van der Waals surface area contributed by atoms with E-state index in [9.17, 15) is 4.79 Å². The van der Waals surface area contributed by atoms with Crippen molar-refractivity contribution in [1.29, 1.82) is 0 Å². The van der Waals surface area contributed by atoms with Crippen LogP contribution in [0.2, 0.25) is 0 Å². The van der Waals surface area contributed by atoms with E-state index in [0.29, 0.717) is 10.7 Å². The number of aryl methyl sites for hydroxylation is 2. The van der Waals surface area contributed by atoms with E-state index in [2.05, 4.69) is 15.6 Å². The molecule has 0 bridgehead atoms. The van der Waals surface area contributed by atoms with E-state index in [1.807, 2.05) is 32.0 Å². The smallest absolute Gasteiger partial charge is 0.257 e. The van der Waals surface area contributed by atoms with E-state index in [-0.39, 0.29) is 5.91 Å². The number of amides is 1. The lowest BCUT2D eigenvalue weighted by molar-refractivity contribution is 0.102. The monoisotopic (exact) mass is 273 g/mol. The fourth-order valence-electron chi connectivity index (χ4n) is 2.06. The molecule has 0 fully saturated rings. The van der Waals surface area contributed by atoms with Crippen LogP contribution in [0.1, 0.15) is 32.1 Å². The van der Waals surface area contributed by atoms with E-state index < -0.39 is 0 Å². The molecule has 0 saturated carbocycles. The van der Waals surface area contributed by atoms with Crippen LogP contribution >= 0.6 is 11.3 Å². The molecular weight excluding hydrogens is 258 g/mol. The van der Waals surface area contributed by atoms with Gasteiger partial charge >= 0.3 is 0 Å². The Hall–Kier alpha value is -1.72. The number of anilines is 1. The first-order valence-electron chi connectivity index (χ1n) is 6.21. The summed E-state index contributed by atoms with van der Waals surface area (Å²) in [4.78, 5) is 17.8. The van der Waals surface area contributed by atoms with Crippen LogP contribution in [-0.4, -0.2) is 10.9 Å². The lowest BCUT2D eigenvalue weighted by atomic mass is 10.1. The third-order valence-corrected chi connectivity index (χ3v) is 4.36. The van der Waals surface area contributed by atoms with E-state index >= 15 is 0 Å². The molecule has 2 N–H and O–H groups in total. The number of nitrogens with zero attached hydrogens (tertiary/aromatic N) is 1. The molecule has 0 atom stereocenters. The largest absolute Gasteiger partial charge is 0.306 e. The topological polar surface area (TPSA) is 54.0 Å². The van der Waals surface area contributed by atoms with Crippen LogP contribution in [0.4, 0.5) is 5.13 Å². The zero-order chi connectivity index (χ0) is 13.4. The van der Waals surface area contributed by atoms with Gasteiger partial charge in [0.05, 0.1) is 5.69 Å². The van der Waals surface area contributed by atoms with Crippen molar-refractivity contribution >= 4 is 22.4 Å². The molecule has 1 aromatic carbocycles. The third kappa shape index (κ3) is 2.39. The summed E-state index contributed by atoms with van der Waals surface area (Å²) in [6, 6.07) is 5.73. The fourth-order valence-corrected chi connectivity index (χ4v) is 3.00. The first-order valence-corrected chi connectivity index (χ1v) is 7.03. The maximum Gasteiger partial charge on any atom is 0.257 e. The van der Waals surface area contributed by atoms with E-state index in [1.54, 1.807) is 11.3 Å². The highest BCUT2D eigenvalue weighted by molar-refractivity contribution is 7.15. The van der Waals surface area contributed by atoms with Crippen molar-refractivity contribution in [3.63, 3.8) is 0 Å². The molecule has 98 valence electrons. The number of aromatic nitrogens is 1. The summed E-state index contributed by atoms with van der Waals surface area (Å²) in [5.41, 5.74) is 4.05. The van der Waals surface area contributed by atoms with Crippen LogP contribution in [0.3, 0.4) is 0 Å². The number of hydrogen-bond acceptors (Lipinski definition) is 4.